The van der Waals surface area contributed by atoms with Gasteiger partial charge in [-0.25, -0.2) is 12.7 Å². The van der Waals surface area contributed by atoms with Crippen LogP contribution in [0.5, 0.6) is 0 Å². The number of sulfonamides is 1. The van der Waals surface area contributed by atoms with E-state index in [-0.39, 0.29) is 0 Å². The van der Waals surface area contributed by atoms with Crippen molar-refractivity contribution in [1.82, 2.24) is 14.9 Å². The number of benzene rings is 1. The van der Waals surface area contributed by atoms with E-state index >= 15 is 0 Å². The maximum Gasteiger partial charge on any atom is 0.242 e. The van der Waals surface area contributed by atoms with Gasteiger partial charge in [0.15, 0.2) is 5.96 Å². The van der Waals surface area contributed by atoms with Gasteiger partial charge in [0.05, 0.1) is 4.90 Å². The molecule has 0 heterocycles. The van der Waals surface area contributed by atoms with Crippen molar-refractivity contribution in [3.05, 3.63) is 29.8 Å². The standard InChI is InChI=1S/C15H26N4O2S/c1-5-6-11-17-15(16-2)18-12-13-9-7-8-10-14(13)22(20,21)19(3)4/h7-10H,5-6,11-12H2,1-4H3,(H2,16,17,18). The molecule has 2 N–H and O–H groups in total. The summed E-state index contributed by atoms with van der Waals surface area (Å²) in [6.07, 6.45) is 2.17. The number of hydrogen-bond donors (Lipinski definition) is 2. The van der Waals surface area contributed by atoms with Crippen LogP contribution >= 0.6 is 0 Å². The Morgan fingerprint density at radius 1 is 1.23 bits per heavy atom. The van der Waals surface area contributed by atoms with Crippen molar-refractivity contribution in [1.29, 1.82) is 0 Å². The van der Waals surface area contributed by atoms with E-state index in [1.807, 2.05) is 12.1 Å². The molecule has 0 aliphatic heterocycles. The fourth-order valence-electron chi connectivity index (χ4n) is 1.88. The summed E-state index contributed by atoms with van der Waals surface area (Å²) >= 11 is 0. The molecular weight excluding hydrogens is 300 g/mol. The van der Waals surface area contributed by atoms with Gasteiger partial charge in [-0.2, -0.15) is 0 Å². The maximum absolute atomic E-state index is 12.3. The summed E-state index contributed by atoms with van der Waals surface area (Å²) in [7, 11) is 1.31. The highest BCUT2D eigenvalue weighted by molar-refractivity contribution is 7.89. The molecule has 0 atom stereocenters. The van der Waals surface area contributed by atoms with E-state index in [2.05, 4.69) is 22.5 Å². The van der Waals surface area contributed by atoms with Crippen LogP contribution in [0, 0.1) is 0 Å². The van der Waals surface area contributed by atoms with Gasteiger partial charge in [0, 0.05) is 34.2 Å². The van der Waals surface area contributed by atoms with Crippen molar-refractivity contribution in [2.24, 2.45) is 4.99 Å². The van der Waals surface area contributed by atoms with Crippen molar-refractivity contribution < 1.29 is 8.42 Å². The van der Waals surface area contributed by atoms with E-state index in [9.17, 15) is 8.42 Å². The van der Waals surface area contributed by atoms with Crippen molar-refractivity contribution in [3.8, 4) is 0 Å². The van der Waals surface area contributed by atoms with Gasteiger partial charge in [0.2, 0.25) is 10.0 Å². The molecule has 0 bridgehead atoms. The topological polar surface area (TPSA) is 73.8 Å². The van der Waals surface area contributed by atoms with E-state index < -0.39 is 10.0 Å². The highest BCUT2D eigenvalue weighted by Gasteiger charge is 2.20. The lowest BCUT2D eigenvalue weighted by Crippen LogP contribution is -2.37. The first-order chi connectivity index (χ1) is 10.4. The number of aliphatic imine (C=N–C) groups is 1. The molecule has 1 rings (SSSR count). The summed E-state index contributed by atoms with van der Waals surface area (Å²) in [5, 5.41) is 6.35. The first kappa shape index (κ1) is 18.4. The Hall–Kier alpha value is -1.60. The van der Waals surface area contributed by atoms with E-state index in [0.717, 1.165) is 24.9 Å². The lowest BCUT2D eigenvalue weighted by Gasteiger charge is -2.16. The molecule has 1 aromatic carbocycles. The maximum atomic E-state index is 12.3. The van der Waals surface area contributed by atoms with E-state index in [4.69, 9.17) is 0 Å². The second-order valence-corrected chi connectivity index (χ2v) is 7.22. The Kier molecular flexibility index (Phi) is 7.34. The van der Waals surface area contributed by atoms with Gasteiger partial charge in [-0.3, -0.25) is 4.99 Å². The van der Waals surface area contributed by atoms with Crippen LogP contribution in [0.25, 0.3) is 0 Å². The van der Waals surface area contributed by atoms with Crippen LogP contribution in [-0.4, -0.2) is 46.4 Å². The molecule has 0 aromatic heterocycles. The minimum Gasteiger partial charge on any atom is -0.356 e. The zero-order valence-corrected chi connectivity index (χ0v) is 14.6. The average molecular weight is 326 g/mol. The average Bonchev–Trinajstić information content (AvgIpc) is 2.50. The van der Waals surface area contributed by atoms with Gasteiger partial charge in [-0.1, -0.05) is 31.5 Å². The summed E-state index contributed by atoms with van der Waals surface area (Å²) < 4.78 is 25.9. The lowest BCUT2D eigenvalue weighted by molar-refractivity contribution is 0.519. The molecule has 0 saturated heterocycles. The van der Waals surface area contributed by atoms with Crippen LogP contribution < -0.4 is 10.6 Å². The van der Waals surface area contributed by atoms with Crippen LogP contribution in [-0.2, 0) is 16.6 Å². The normalized spacial score (nSPS) is 12.5. The molecule has 0 spiro atoms. The van der Waals surface area contributed by atoms with Crippen molar-refractivity contribution in [3.63, 3.8) is 0 Å². The van der Waals surface area contributed by atoms with E-state index in [1.54, 1.807) is 19.2 Å². The second kappa shape index (κ2) is 8.75. The number of rotatable bonds is 7. The Balaban J connectivity index is 2.83. The van der Waals surface area contributed by atoms with Crippen LogP contribution in [0.1, 0.15) is 25.3 Å². The number of unbranched alkanes of at least 4 members (excludes halogenated alkanes) is 1. The summed E-state index contributed by atoms with van der Waals surface area (Å²) in [5.74, 6) is 0.672. The Morgan fingerprint density at radius 2 is 1.91 bits per heavy atom. The predicted octanol–water partition coefficient (Wildman–Crippen LogP) is 1.40. The van der Waals surface area contributed by atoms with Crippen LogP contribution in [0.2, 0.25) is 0 Å². The number of nitrogens with one attached hydrogen (secondary N) is 2. The number of hydrogen-bond acceptors (Lipinski definition) is 3. The minimum absolute atomic E-state index is 0.316. The summed E-state index contributed by atoms with van der Waals surface area (Å²) in [6.45, 7) is 3.36. The second-order valence-electron chi connectivity index (χ2n) is 5.10. The zero-order valence-electron chi connectivity index (χ0n) is 13.8. The third-order valence-corrected chi connectivity index (χ3v) is 5.14. The molecule has 0 unspecified atom stereocenters. The molecule has 0 amide bonds. The summed E-state index contributed by atoms with van der Waals surface area (Å²) in [4.78, 5) is 4.45. The number of nitrogens with zero attached hydrogens (tertiary/aromatic N) is 2. The van der Waals surface area contributed by atoms with Crippen LogP contribution in [0.3, 0.4) is 0 Å². The van der Waals surface area contributed by atoms with Gasteiger partial charge < -0.3 is 10.6 Å². The Morgan fingerprint density at radius 3 is 2.50 bits per heavy atom. The molecule has 6 nitrogen and oxygen atoms in total. The van der Waals surface area contributed by atoms with E-state index in [0.29, 0.717) is 17.4 Å². The van der Waals surface area contributed by atoms with Gasteiger partial charge in [0.25, 0.3) is 0 Å². The van der Waals surface area contributed by atoms with Gasteiger partial charge >= 0.3 is 0 Å². The molecule has 0 aliphatic rings. The first-order valence-electron chi connectivity index (χ1n) is 7.38. The van der Waals surface area contributed by atoms with Crippen LogP contribution in [0.15, 0.2) is 34.2 Å². The molecular formula is C15H26N4O2S. The first-order valence-corrected chi connectivity index (χ1v) is 8.82. The highest BCUT2D eigenvalue weighted by Crippen LogP contribution is 2.18. The third-order valence-electron chi connectivity index (χ3n) is 3.22. The third kappa shape index (κ3) is 4.99. The predicted molar refractivity (Wildman–Crippen MR) is 90.4 cm³/mol. The lowest BCUT2D eigenvalue weighted by atomic mass is 10.2. The minimum atomic E-state index is -3.45. The zero-order chi connectivity index (χ0) is 16.6. The Bertz CT molecular complexity index is 597. The van der Waals surface area contributed by atoms with Gasteiger partial charge in [-0.05, 0) is 18.1 Å². The van der Waals surface area contributed by atoms with Crippen molar-refractivity contribution in [2.45, 2.75) is 31.2 Å². The highest BCUT2D eigenvalue weighted by atomic mass is 32.2. The molecule has 124 valence electrons. The van der Waals surface area contributed by atoms with Crippen LogP contribution in [0.4, 0.5) is 0 Å². The summed E-state index contributed by atoms with van der Waals surface area (Å²) in [6, 6.07) is 7.00. The molecule has 7 heteroatoms. The monoisotopic (exact) mass is 326 g/mol. The molecule has 0 radical (unpaired) electrons. The molecule has 0 aliphatic carbocycles. The van der Waals surface area contributed by atoms with Gasteiger partial charge in [-0.15, -0.1) is 0 Å². The summed E-state index contributed by atoms with van der Waals surface area (Å²) in [5.41, 5.74) is 0.717. The molecule has 22 heavy (non-hydrogen) atoms. The number of guanidine groups is 1. The molecule has 0 fully saturated rings. The smallest absolute Gasteiger partial charge is 0.242 e. The molecule has 1 aromatic rings. The van der Waals surface area contributed by atoms with Crippen molar-refractivity contribution >= 4 is 16.0 Å². The molecule has 0 saturated carbocycles. The van der Waals surface area contributed by atoms with Crippen molar-refractivity contribution in [2.75, 3.05) is 27.7 Å². The van der Waals surface area contributed by atoms with E-state index in [1.165, 1.54) is 18.4 Å². The fraction of sp³-hybridized carbons (Fsp3) is 0.533. The SMILES string of the molecule is CCCCNC(=NC)NCc1ccccc1S(=O)(=O)N(C)C. The largest absolute Gasteiger partial charge is 0.356 e. The van der Waals surface area contributed by atoms with Gasteiger partial charge in [0.1, 0.15) is 0 Å². The Labute approximate surface area is 133 Å². The quantitative estimate of drug-likeness (QED) is 0.451. The fourth-order valence-corrected chi connectivity index (χ4v) is 3.00.